The van der Waals surface area contributed by atoms with Crippen molar-refractivity contribution in [2.24, 2.45) is 28.7 Å². The van der Waals surface area contributed by atoms with E-state index in [-0.39, 0.29) is 36.9 Å². The minimum Gasteiger partial charge on any atom is -0.391 e. The molecule has 0 aromatic carbocycles. The highest BCUT2D eigenvalue weighted by atomic mass is 16.6. The van der Waals surface area contributed by atoms with Gasteiger partial charge in [0.1, 0.15) is 12.2 Å². The first-order valence-corrected chi connectivity index (χ1v) is 31.8. The summed E-state index contributed by atoms with van der Waals surface area (Å²) in [5.41, 5.74) is 11.6. The minimum atomic E-state index is -0.473. The number of aliphatic hydroxyl groups excluding tert-OH is 2. The number of nitrogens with zero attached hydrogens (tertiary/aromatic N) is 2. The molecule has 6 unspecified atom stereocenters. The van der Waals surface area contributed by atoms with Crippen LogP contribution >= 0.6 is 0 Å². The fourth-order valence-corrected chi connectivity index (χ4v) is 10.2. The van der Waals surface area contributed by atoms with Crippen LogP contribution in [0.15, 0.2) is 0 Å². The summed E-state index contributed by atoms with van der Waals surface area (Å²) in [5, 5.41) is 20.7. The zero-order valence-electron chi connectivity index (χ0n) is 53.1. The van der Waals surface area contributed by atoms with Crippen LogP contribution in [0.1, 0.15) is 272 Å². The van der Waals surface area contributed by atoms with Gasteiger partial charge in [-0.2, -0.15) is 0 Å². The van der Waals surface area contributed by atoms with Crippen molar-refractivity contribution >= 4 is 0 Å². The molecule has 474 valence electrons. The maximum absolute atomic E-state index is 10.7. The lowest BCUT2D eigenvalue weighted by Crippen LogP contribution is -2.52. The van der Waals surface area contributed by atoms with Crippen molar-refractivity contribution in [2.45, 2.75) is 313 Å². The van der Waals surface area contributed by atoms with E-state index in [0.717, 1.165) is 103 Å². The Labute approximate surface area is 487 Å². The molecule has 2 fully saturated rings. The van der Waals surface area contributed by atoms with E-state index in [4.69, 9.17) is 39.9 Å². The Balaban J connectivity index is -0.00000141. The van der Waals surface area contributed by atoms with Crippen molar-refractivity contribution in [2.75, 3.05) is 98.8 Å². The molecule has 0 aromatic rings. The van der Waals surface area contributed by atoms with Crippen molar-refractivity contribution < 1.29 is 38.6 Å². The molecule has 6 atom stereocenters. The van der Waals surface area contributed by atoms with Crippen LogP contribution in [0.5, 0.6) is 0 Å². The Morgan fingerprint density at radius 2 is 0.833 bits per heavy atom. The molecule has 0 spiro atoms. The lowest BCUT2D eigenvalue weighted by molar-refractivity contribution is -0.00741. The van der Waals surface area contributed by atoms with Gasteiger partial charge >= 0.3 is 0 Å². The van der Waals surface area contributed by atoms with Crippen molar-refractivity contribution in [3.05, 3.63) is 0 Å². The predicted octanol–water partition coefficient (Wildman–Crippen LogP) is 14.8. The van der Waals surface area contributed by atoms with E-state index in [0.29, 0.717) is 45.2 Å². The van der Waals surface area contributed by atoms with Crippen LogP contribution in [-0.2, 0) is 28.4 Å². The summed E-state index contributed by atoms with van der Waals surface area (Å²) in [4.78, 5) is 5.09. The molecule has 0 amide bonds. The summed E-state index contributed by atoms with van der Waals surface area (Å²) in [5.74, 6) is 1.79. The Kier molecular flexibility index (Phi) is 52.3. The van der Waals surface area contributed by atoms with Gasteiger partial charge in [-0.1, -0.05) is 139 Å². The second-order valence-electron chi connectivity index (χ2n) is 27.0. The first-order chi connectivity index (χ1) is 36.0. The number of β-amino-alcohol motifs (C(OH)–C–C–N with tert-alkyl or cyclic N) is 1. The highest BCUT2D eigenvalue weighted by molar-refractivity contribution is 4.87. The quantitative estimate of drug-likeness (QED) is 0.0338. The topological polar surface area (TPSA) is 161 Å². The fourth-order valence-electron chi connectivity index (χ4n) is 10.2. The highest BCUT2D eigenvalue weighted by Crippen LogP contribution is 2.28. The van der Waals surface area contributed by atoms with Crippen LogP contribution < -0.4 is 11.5 Å². The number of hydrogen-bond donors (Lipinski definition) is 4. The normalized spacial score (nSPS) is 17.1. The molecule has 2 aliphatic rings. The van der Waals surface area contributed by atoms with E-state index >= 15 is 0 Å². The maximum Gasteiger partial charge on any atom is 0.104 e. The minimum absolute atomic E-state index is 0. The van der Waals surface area contributed by atoms with E-state index < -0.39 is 12.2 Å². The predicted molar refractivity (Wildman–Crippen MR) is 337 cm³/mol. The van der Waals surface area contributed by atoms with Crippen LogP contribution in [0.4, 0.5) is 0 Å². The molecule has 12 heteroatoms. The van der Waals surface area contributed by atoms with Crippen LogP contribution in [0.2, 0.25) is 0 Å². The molecule has 0 aliphatic carbocycles. The molecule has 0 saturated carbocycles. The largest absolute Gasteiger partial charge is 0.391 e. The molecular formula is C66H142N4O8. The molecule has 2 heterocycles. The van der Waals surface area contributed by atoms with Gasteiger partial charge in [0.25, 0.3) is 0 Å². The average molecular weight is 1120 g/mol. The Morgan fingerprint density at radius 3 is 1.22 bits per heavy atom. The monoisotopic (exact) mass is 1120 g/mol. The van der Waals surface area contributed by atoms with Crippen molar-refractivity contribution in [1.29, 1.82) is 0 Å². The average Bonchev–Trinajstić information content (AvgIpc) is 4.29. The summed E-state index contributed by atoms with van der Waals surface area (Å²) in [7, 11) is 0. The van der Waals surface area contributed by atoms with Gasteiger partial charge in [0, 0.05) is 49.6 Å². The van der Waals surface area contributed by atoms with E-state index in [1.165, 1.54) is 135 Å². The molecule has 2 rings (SSSR count). The number of hydrogen-bond acceptors (Lipinski definition) is 12. The van der Waals surface area contributed by atoms with Gasteiger partial charge in [0.2, 0.25) is 0 Å². The molecule has 12 nitrogen and oxygen atoms in total. The third-order valence-corrected chi connectivity index (χ3v) is 14.9. The van der Waals surface area contributed by atoms with Crippen LogP contribution in [0.25, 0.3) is 0 Å². The Bertz CT molecular complexity index is 1210. The third kappa shape index (κ3) is 53.5. The summed E-state index contributed by atoms with van der Waals surface area (Å²) in [6.07, 6.45) is 31.1. The summed E-state index contributed by atoms with van der Waals surface area (Å²) in [6.45, 7) is 43.4. The molecule has 78 heavy (non-hydrogen) atoms. The van der Waals surface area contributed by atoms with Gasteiger partial charge in [-0.05, 0) is 176 Å². The van der Waals surface area contributed by atoms with Crippen molar-refractivity contribution in [1.82, 2.24) is 9.80 Å². The van der Waals surface area contributed by atoms with E-state index in [9.17, 15) is 10.2 Å². The zero-order valence-corrected chi connectivity index (χ0v) is 53.1. The summed E-state index contributed by atoms with van der Waals surface area (Å²) in [6, 6.07) is 0. The second kappa shape index (κ2) is 49.9. The van der Waals surface area contributed by atoms with Crippen LogP contribution in [0.3, 0.4) is 0 Å². The van der Waals surface area contributed by atoms with E-state index in [1.54, 1.807) is 0 Å². The fraction of sp³-hybridized carbons (Fsp3) is 1.00. The lowest BCUT2D eigenvalue weighted by Gasteiger charge is -2.45. The second-order valence-corrected chi connectivity index (χ2v) is 27.0. The molecule has 6 N–H and O–H groups in total. The molecule has 2 aliphatic heterocycles. The maximum atomic E-state index is 10.7. The number of rotatable bonds is 47. The van der Waals surface area contributed by atoms with E-state index in [1.807, 2.05) is 0 Å². The van der Waals surface area contributed by atoms with Gasteiger partial charge in [-0.15, -0.1) is 0 Å². The smallest absolute Gasteiger partial charge is 0.104 e. The summed E-state index contributed by atoms with van der Waals surface area (Å²) < 4.78 is 32.2. The standard InChI is InChI=1S/C40H84N2O4.C14H32N2.C10H18O4.2CH4/c1-14-34(25-23-27-42(39(8,9)10)40(11,12)13)24-19-17-15-16-18-20-26-41(38(5,6)7)31-36(44)33-46-29-22-21-28-45-32-35(43)30-37(2,3)4;1-2-14(11-9-13-16)10-7-5-3-4-6-8-12-15;1(3-11-5-9-7-13-9)2-4-12-6-10-8-14-10;;/h34-36,43-44H,14-33H2,1-13H3;14H,2-13,15-16H2,1H3;9-10H,1-8H2;2*1H4. The third-order valence-electron chi connectivity index (χ3n) is 14.9. The van der Waals surface area contributed by atoms with Gasteiger partial charge in [-0.25, -0.2) is 0 Å². The number of ether oxygens (including phenoxy) is 6. The number of unbranched alkanes of at least 4 members (excludes halogenated alkanes) is 12. The summed E-state index contributed by atoms with van der Waals surface area (Å²) >= 11 is 0. The first kappa shape index (κ1) is 81.7. The van der Waals surface area contributed by atoms with Gasteiger partial charge in [0.05, 0.1) is 51.8 Å². The molecular weight excluding hydrogens is 977 g/mol. The SMILES string of the molecule is C.C.C(CCOCC1CO1)COCC1CO1.CCC(CCCCCCCCN(CC(O)COCCCCOCC(O)CC(C)(C)C)C(C)(C)C)CCCN(C(C)(C)C)C(C)(C)C.CCC(CCCN)CCCCCCCCN. The number of nitrogens with two attached hydrogens (primary N) is 2. The lowest BCUT2D eigenvalue weighted by atomic mass is 9.89. The van der Waals surface area contributed by atoms with Gasteiger partial charge < -0.3 is 50.1 Å². The first-order valence-electron chi connectivity index (χ1n) is 31.8. The van der Waals surface area contributed by atoms with Crippen LogP contribution in [0, 0.1) is 17.3 Å². The molecule has 0 radical (unpaired) electrons. The Morgan fingerprint density at radius 1 is 0.462 bits per heavy atom. The van der Waals surface area contributed by atoms with Crippen molar-refractivity contribution in [3.63, 3.8) is 0 Å². The Hall–Kier alpha value is -0.480. The number of epoxide rings is 2. The highest BCUT2D eigenvalue weighted by Gasteiger charge is 2.31. The zero-order chi connectivity index (χ0) is 57.1. The number of aliphatic hydroxyl groups is 2. The molecule has 2 saturated heterocycles. The van der Waals surface area contributed by atoms with E-state index in [2.05, 4.69) is 107 Å². The van der Waals surface area contributed by atoms with Crippen molar-refractivity contribution in [3.8, 4) is 0 Å². The molecule has 0 bridgehead atoms. The van der Waals surface area contributed by atoms with Crippen LogP contribution in [-0.4, -0.2) is 160 Å². The molecule has 0 aromatic heterocycles. The van der Waals surface area contributed by atoms with Gasteiger partial charge in [0.15, 0.2) is 0 Å². The van der Waals surface area contributed by atoms with Gasteiger partial charge in [-0.3, -0.25) is 9.80 Å².